The molecule has 0 amide bonds. The van der Waals surface area contributed by atoms with Gasteiger partial charge in [-0.05, 0) is 12.8 Å². The molecule has 0 saturated heterocycles. The van der Waals surface area contributed by atoms with Crippen molar-refractivity contribution in [2.45, 2.75) is 65.2 Å². The summed E-state index contributed by atoms with van der Waals surface area (Å²) in [7, 11) is -9.43. The molecule has 0 fully saturated rings. The van der Waals surface area contributed by atoms with E-state index < -0.39 is 15.6 Å². The minimum Gasteiger partial charge on any atom is -0.790 e. The number of rotatable bonds is 12. The molecule has 0 aliphatic rings. The van der Waals surface area contributed by atoms with Crippen molar-refractivity contribution >= 4 is 15.6 Å². The third kappa shape index (κ3) is 51.1. The van der Waals surface area contributed by atoms with E-state index in [1.807, 2.05) is 13.8 Å². The Labute approximate surface area is 246 Å². The molecule has 0 aliphatic heterocycles. The minimum absolute atomic E-state index is 0. The Kier molecular flexibility index (Phi) is 49.4. The predicted octanol–water partition coefficient (Wildman–Crippen LogP) is -11.2. The van der Waals surface area contributed by atoms with Crippen molar-refractivity contribution in [3.63, 3.8) is 0 Å². The molecule has 0 atom stereocenters. The van der Waals surface area contributed by atoms with Gasteiger partial charge in [0.25, 0.3) is 0 Å². The fraction of sp³-hybridized carbons (Fsp3) is 1.00. The van der Waals surface area contributed by atoms with Crippen molar-refractivity contribution in [3.8, 4) is 0 Å². The molecule has 8 nitrogen and oxygen atoms in total. The van der Waals surface area contributed by atoms with Crippen molar-refractivity contribution in [1.82, 2.24) is 0 Å². The standard InChI is InChI=1S/2C6H15O4P.4Na/c2*1-2-3-4-5-6-10-11(7,8)9;;;;/h2*2-6H2,1H3,(H2,7,8,9);;;;/q;;4*+1/p-4. The molecule has 26 heavy (non-hydrogen) atoms. The molecule has 0 aliphatic carbocycles. The van der Waals surface area contributed by atoms with E-state index in [1.54, 1.807) is 0 Å². The van der Waals surface area contributed by atoms with Crippen LogP contribution in [0.15, 0.2) is 0 Å². The normalized spacial score (nSPS) is 10.1. The van der Waals surface area contributed by atoms with Crippen molar-refractivity contribution in [2.75, 3.05) is 13.2 Å². The van der Waals surface area contributed by atoms with Crippen LogP contribution in [0.5, 0.6) is 0 Å². The number of phosphoric ester groups is 2. The van der Waals surface area contributed by atoms with E-state index in [1.165, 1.54) is 0 Å². The zero-order valence-electron chi connectivity index (χ0n) is 17.2. The summed E-state index contributed by atoms with van der Waals surface area (Å²) >= 11 is 0. The monoisotopic (exact) mass is 452 g/mol. The molecule has 0 heterocycles. The molecule has 136 valence electrons. The zero-order valence-corrected chi connectivity index (χ0v) is 27.0. The number of unbranched alkanes of at least 4 members (excludes halogenated alkanes) is 6. The number of hydrogen-bond donors (Lipinski definition) is 0. The van der Waals surface area contributed by atoms with E-state index in [2.05, 4.69) is 9.05 Å². The summed E-state index contributed by atoms with van der Waals surface area (Å²) in [6.07, 6.45) is 7.35. The summed E-state index contributed by atoms with van der Waals surface area (Å²) in [4.78, 5) is 39.7. The first-order valence-corrected chi connectivity index (χ1v) is 10.4. The number of phosphoric acid groups is 2. The summed E-state index contributed by atoms with van der Waals surface area (Å²) in [5.41, 5.74) is 0. The zero-order chi connectivity index (χ0) is 17.5. The van der Waals surface area contributed by atoms with Crippen molar-refractivity contribution in [2.24, 2.45) is 0 Å². The average molecular weight is 452 g/mol. The van der Waals surface area contributed by atoms with Gasteiger partial charge in [-0.2, -0.15) is 0 Å². The van der Waals surface area contributed by atoms with Crippen molar-refractivity contribution < 1.29 is 156 Å². The van der Waals surface area contributed by atoms with Gasteiger partial charge >= 0.3 is 118 Å². The first kappa shape index (κ1) is 44.0. The SMILES string of the molecule is CCCCCCOP(=O)([O-])[O-].CCCCCCOP(=O)([O-])[O-].[Na+].[Na+].[Na+].[Na+]. The molecule has 0 rings (SSSR count). The first-order chi connectivity index (χ1) is 10.1. The fourth-order valence-corrected chi connectivity index (χ4v) is 2.12. The van der Waals surface area contributed by atoms with Crippen LogP contribution in [0.25, 0.3) is 0 Å². The van der Waals surface area contributed by atoms with E-state index in [4.69, 9.17) is 0 Å². The Morgan fingerprint density at radius 2 is 0.846 bits per heavy atom. The average Bonchev–Trinajstić information content (AvgIpc) is 2.36. The van der Waals surface area contributed by atoms with E-state index in [0.29, 0.717) is 12.8 Å². The second-order valence-electron chi connectivity index (χ2n) is 4.68. The number of hydrogen-bond acceptors (Lipinski definition) is 8. The molecule has 0 spiro atoms. The van der Waals surface area contributed by atoms with Crippen LogP contribution in [-0.2, 0) is 18.2 Å². The molecule has 0 saturated carbocycles. The molecule has 0 radical (unpaired) electrons. The van der Waals surface area contributed by atoms with Gasteiger partial charge in [-0.15, -0.1) is 0 Å². The molecule has 0 aromatic heterocycles. The molecular formula is C12H26Na4O8P2. The Bertz CT molecular complexity index is 309. The van der Waals surface area contributed by atoms with Crippen LogP contribution in [0.3, 0.4) is 0 Å². The van der Waals surface area contributed by atoms with E-state index >= 15 is 0 Å². The molecular weight excluding hydrogens is 426 g/mol. The summed E-state index contributed by atoms with van der Waals surface area (Å²) in [5, 5.41) is 0. The topological polar surface area (TPSA) is 145 Å². The Morgan fingerprint density at radius 3 is 1.04 bits per heavy atom. The second kappa shape index (κ2) is 29.2. The minimum atomic E-state index is -4.71. The van der Waals surface area contributed by atoms with Crippen molar-refractivity contribution in [3.05, 3.63) is 0 Å². The maximum absolute atomic E-state index is 9.91. The smallest absolute Gasteiger partial charge is 0.790 e. The quantitative estimate of drug-likeness (QED) is 0.161. The van der Waals surface area contributed by atoms with E-state index in [0.717, 1.165) is 38.5 Å². The molecule has 0 N–H and O–H groups in total. The van der Waals surface area contributed by atoms with Crippen LogP contribution in [-0.4, -0.2) is 13.2 Å². The Hall–Kier alpha value is 4.22. The summed E-state index contributed by atoms with van der Waals surface area (Å²) < 4.78 is 27.9. The van der Waals surface area contributed by atoms with Gasteiger partial charge < -0.3 is 37.8 Å². The van der Waals surface area contributed by atoms with Gasteiger partial charge in [0.15, 0.2) is 0 Å². The van der Waals surface area contributed by atoms with Crippen LogP contribution in [0.4, 0.5) is 0 Å². The van der Waals surface area contributed by atoms with Gasteiger partial charge in [-0.1, -0.05) is 52.4 Å². The fourth-order valence-electron chi connectivity index (χ4n) is 1.41. The first-order valence-electron chi connectivity index (χ1n) is 7.45. The van der Waals surface area contributed by atoms with Crippen molar-refractivity contribution in [1.29, 1.82) is 0 Å². The molecule has 0 unspecified atom stereocenters. The van der Waals surface area contributed by atoms with Crippen LogP contribution in [0.1, 0.15) is 65.2 Å². The third-order valence-corrected chi connectivity index (χ3v) is 3.49. The van der Waals surface area contributed by atoms with Gasteiger partial charge in [-0.3, -0.25) is 0 Å². The Morgan fingerprint density at radius 1 is 0.577 bits per heavy atom. The van der Waals surface area contributed by atoms with Gasteiger partial charge in [0.2, 0.25) is 0 Å². The molecule has 14 heteroatoms. The Balaban J connectivity index is -0.0000000667. The third-order valence-electron chi connectivity index (χ3n) is 2.49. The molecule has 0 bridgehead atoms. The summed E-state index contributed by atoms with van der Waals surface area (Å²) in [6.45, 7) is 4.16. The van der Waals surface area contributed by atoms with Crippen LogP contribution in [0.2, 0.25) is 0 Å². The summed E-state index contributed by atoms with van der Waals surface area (Å²) in [6, 6.07) is 0. The van der Waals surface area contributed by atoms with Gasteiger partial charge in [0, 0.05) is 0 Å². The maximum Gasteiger partial charge on any atom is 1.00 e. The summed E-state index contributed by atoms with van der Waals surface area (Å²) in [5.74, 6) is 0. The van der Waals surface area contributed by atoms with Crippen LogP contribution in [0, 0.1) is 0 Å². The second-order valence-corrected chi connectivity index (χ2v) is 6.99. The molecule has 0 aromatic carbocycles. The maximum atomic E-state index is 9.91. The van der Waals surface area contributed by atoms with Crippen LogP contribution < -0.4 is 138 Å². The van der Waals surface area contributed by atoms with Gasteiger partial charge in [-0.25, -0.2) is 0 Å². The predicted molar refractivity (Wildman–Crippen MR) is 75.4 cm³/mol. The van der Waals surface area contributed by atoms with E-state index in [-0.39, 0.29) is 131 Å². The van der Waals surface area contributed by atoms with Gasteiger partial charge in [0.1, 0.15) is 0 Å². The van der Waals surface area contributed by atoms with Crippen LogP contribution >= 0.6 is 15.6 Å². The largest absolute Gasteiger partial charge is 1.00 e. The van der Waals surface area contributed by atoms with E-state index in [9.17, 15) is 28.7 Å². The van der Waals surface area contributed by atoms with Gasteiger partial charge in [0.05, 0.1) is 28.9 Å². The molecule has 0 aromatic rings.